The number of aromatic nitrogens is 2. The number of nitrogens with zero attached hydrogens (tertiary/aromatic N) is 2. The maximum Gasteiger partial charge on any atom is 0.175 e. The maximum absolute atomic E-state index is 5.69. The van der Waals surface area contributed by atoms with Gasteiger partial charge in [-0.15, -0.1) is 0 Å². The van der Waals surface area contributed by atoms with Gasteiger partial charge in [-0.25, -0.2) is 4.98 Å². The third-order valence-corrected chi connectivity index (χ3v) is 3.36. The predicted octanol–water partition coefficient (Wildman–Crippen LogP) is 3.63. The molecule has 0 bridgehead atoms. The van der Waals surface area contributed by atoms with Crippen molar-refractivity contribution in [1.82, 2.24) is 9.55 Å². The van der Waals surface area contributed by atoms with Crippen LogP contribution in [0.5, 0.6) is 0 Å². The second-order valence-corrected chi connectivity index (χ2v) is 5.57. The molecule has 0 fully saturated rings. The van der Waals surface area contributed by atoms with Gasteiger partial charge in [0.15, 0.2) is 6.29 Å². The Bertz CT molecular complexity index is 557. The number of benzene rings is 1. The largest absolute Gasteiger partial charge is 0.351 e. The molecule has 0 aliphatic carbocycles. The van der Waals surface area contributed by atoms with Gasteiger partial charge in [-0.1, -0.05) is 26.0 Å². The first-order chi connectivity index (χ1) is 10.2. The molecule has 4 heteroatoms. The monoisotopic (exact) mass is 290 g/mol. The zero-order chi connectivity index (χ0) is 15.2. The Hall–Kier alpha value is -1.39. The molecule has 0 N–H and O–H groups in total. The van der Waals surface area contributed by atoms with Gasteiger partial charge in [0.2, 0.25) is 0 Å². The normalized spacial score (nSPS) is 11.9. The summed E-state index contributed by atoms with van der Waals surface area (Å²) in [5.74, 6) is 1.67. The fraction of sp³-hybridized carbons (Fsp3) is 0.588. The van der Waals surface area contributed by atoms with E-state index in [1.165, 1.54) is 0 Å². The number of imidazole rings is 1. The molecule has 0 radical (unpaired) electrons. The molecule has 1 aromatic heterocycles. The lowest BCUT2D eigenvalue weighted by Gasteiger charge is -2.19. The number of ether oxygens (including phenoxy) is 2. The highest BCUT2D eigenvalue weighted by molar-refractivity contribution is 5.75. The Morgan fingerprint density at radius 3 is 2.38 bits per heavy atom. The molecule has 116 valence electrons. The van der Waals surface area contributed by atoms with Gasteiger partial charge < -0.3 is 14.0 Å². The van der Waals surface area contributed by atoms with Crippen LogP contribution in [0.2, 0.25) is 0 Å². The van der Waals surface area contributed by atoms with E-state index in [0.29, 0.717) is 25.7 Å². The molecule has 1 heterocycles. The van der Waals surface area contributed by atoms with E-state index in [2.05, 4.69) is 36.6 Å². The molecular weight excluding hydrogens is 264 g/mol. The SMILES string of the molecule is CCOC(Cn1c(CC(C)C)nc2ccccc21)OCC. The molecule has 0 aliphatic heterocycles. The fourth-order valence-corrected chi connectivity index (χ4v) is 2.52. The van der Waals surface area contributed by atoms with E-state index >= 15 is 0 Å². The Morgan fingerprint density at radius 1 is 1.10 bits per heavy atom. The van der Waals surface area contributed by atoms with Crippen LogP contribution in [0.25, 0.3) is 11.0 Å². The summed E-state index contributed by atoms with van der Waals surface area (Å²) < 4.78 is 13.6. The first-order valence-electron chi connectivity index (χ1n) is 7.83. The zero-order valence-electron chi connectivity index (χ0n) is 13.5. The Labute approximate surface area is 127 Å². The van der Waals surface area contributed by atoms with Gasteiger partial charge >= 0.3 is 0 Å². The van der Waals surface area contributed by atoms with E-state index in [4.69, 9.17) is 14.5 Å². The summed E-state index contributed by atoms with van der Waals surface area (Å²) in [6.45, 7) is 10.4. The summed E-state index contributed by atoms with van der Waals surface area (Å²) in [4.78, 5) is 4.78. The van der Waals surface area contributed by atoms with Crippen molar-refractivity contribution in [3.8, 4) is 0 Å². The predicted molar refractivity (Wildman–Crippen MR) is 85.3 cm³/mol. The highest BCUT2D eigenvalue weighted by atomic mass is 16.7. The second kappa shape index (κ2) is 7.57. The molecule has 21 heavy (non-hydrogen) atoms. The van der Waals surface area contributed by atoms with Gasteiger partial charge in [0.1, 0.15) is 5.82 Å². The minimum absolute atomic E-state index is 0.219. The molecule has 4 nitrogen and oxygen atoms in total. The van der Waals surface area contributed by atoms with Crippen LogP contribution in [-0.2, 0) is 22.4 Å². The smallest absolute Gasteiger partial charge is 0.175 e. The van der Waals surface area contributed by atoms with Crippen molar-refractivity contribution in [3.63, 3.8) is 0 Å². The van der Waals surface area contributed by atoms with E-state index in [1.807, 2.05) is 19.9 Å². The van der Waals surface area contributed by atoms with Crippen molar-refractivity contribution < 1.29 is 9.47 Å². The van der Waals surface area contributed by atoms with Crippen LogP contribution in [0.15, 0.2) is 24.3 Å². The van der Waals surface area contributed by atoms with Crippen LogP contribution in [0.3, 0.4) is 0 Å². The molecule has 0 atom stereocenters. The van der Waals surface area contributed by atoms with Gasteiger partial charge in [-0.05, 0) is 31.9 Å². The molecule has 1 aromatic carbocycles. The Morgan fingerprint density at radius 2 is 1.76 bits per heavy atom. The highest BCUT2D eigenvalue weighted by Crippen LogP contribution is 2.19. The molecule has 2 aromatic rings. The van der Waals surface area contributed by atoms with E-state index in [0.717, 1.165) is 23.3 Å². The molecule has 0 aliphatic rings. The molecule has 0 saturated heterocycles. The van der Waals surface area contributed by atoms with Gasteiger partial charge in [-0.2, -0.15) is 0 Å². The summed E-state index contributed by atoms with van der Waals surface area (Å²) in [5.41, 5.74) is 2.19. The summed E-state index contributed by atoms with van der Waals surface area (Å²) in [6.07, 6.45) is 0.739. The van der Waals surface area contributed by atoms with Crippen molar-refractivity contribution in [2.75, 3.05) is 13.2 Å². The Kier molecular flexibility index (Phi) is 5.76. The molecule has 0 saturated carbocycles. The summed E-state index contributed by atoms with van der Waals surface area (Å²) in [6, 6.07) is 8.25. The molecule has 0 amide bonds. The van der Waals surface area contributed by atoms with E-state index in [-0.39, 0.29) is 6.29 Å². The summed E-state index contributed by atoms with van der Waals surface area (Å²) >= 11 is 0. The average Bonchev–Trinajstić information content (AvgIpc) is 2.77. The quantitative estimate of drug-likeness (QED) is 0.696. The van der Waals surface area contributed by atoms with Crippen LogP contribution in [0.4, 0.5) is 0 Å². The molecule has 2 rings (SSSR count). The topological polar surface area (TPSA) is 36.3 Å². The number of hydrogen-bond acceptors (Lipinski definition) is 3. The van der Waals surface area contributed by atoms with Crippen LogP contribution in [-0.4, -0.2) is 29.1 Å². The van der Waals surface area contributed by atoms with Crippen LogP contribution >= 0.6 is 0 Å². The third kappa shape index (κ3) is 4.05. The van der Waals surface area contributed by atoms with Crippen molar-refractivity contribution in [1.29, 1.82) is 0 Å². The van der Waals surface area contributed by atoms with Crippen molar-refractivity contribution in [2.24, 2.45) is 5.92 Å². The highest BCUT2D eigenvalue weighted by Gasteiger charge is 2.16. The van der Waals surface area contributed by atoms with E-state index in [1.54, 1.807) is 0 Å². The Balaban J connectivity index is 2.34. The fourth-order valence-electron chi connectivity index (χ4n) is 2.52. The van der Waals surface area contributed by atoms with Gasteiger partial charge in [-0.3, -0.25) is 0 Å². The van der Waals surface area contributed by atoms with Crippen LogP contribution < -0.4 is 0 Å². The summed E-state index contributed by atoms with van der Waals surface area (Å²) in [7, 11) is 0. The van der Waals surface area contributed by atoms with E-state index in [9.17, 15) is 0 Å². The van der Waals surface area contributed by atoms with Gasteiger partial charge in [0.05, 0.1) is 17.6 Å². The molecule has 0 spiro atoms. The van der Waals surface area contributed by atoms with E-state index < -0.39 is 0 Å². The van der Waals surface area contributed by atoms with Crippen molar-refractivity contribution >= 4 is 11.0 Å². The first kappa shape index (κ1) is 16.0. The molecule has 0 unspecified atom stereocenters. The number of fused-ring (bicyclic) bond motifs is 1. The zero-order valence-corrected chi connectivity index (χ0v) is 13.5. The van der Waals surface area contributed by atoms with Crippen LogP contribution in [0.1, 0.15) is 33.5 Å². The standard InChI is InChI=1S/C17H26N2O2/c1-5-20-17(21-6-2)12-19-15-10-8-7-9-14(15)18-16(19)11-13(3)4/h7-10,13,17H,5-6,11-12H2,1-4H3. The first-order valence-corrected chi connectivity index (χ1v) is 7.83. The molecular formula is C17H26N2O2. The third-order valence-electron chi connectivity index (χ3n) is 3.36. The van der Waals surface area contributed by atoms with Crippen LogP contribution in [0, 0.1) is 5.92 Å². The van der Waals surface area contributed by atoms with Gasteiger partial charge in [0, 0.05) is 19.6 Å². The van der Waals surface area contributed by atoms with Crippen molar-refractivity contribution in [2.45, 2.75) is 47.0 Å². The minimum atomic E-state index is -0.219. The lowest BCUT2D eigenvalue weighted by molar-refractivity contribution is -0.143. The average molecular weight is 290 g/mol. The minimum Gasteiger partial charge on any atom is -0.351 e. The number of rotatable bonds is 8. The van der Waals surface area contributed by atoms with Crippen molar-refractivity contribution in [3.05, 3.63) is 30.1 Å². The second-order valence-electron chi connectivity index (χ2n) is 5.57. The lowest BCUT2D eigenvalue weighted by Crippen LogP contribution is -2.25. The number of para-hydroxylation sites is 2. The summed E-state index contributed by atoms with van der Waals surface area (Å²) in [5, 5.41) is 0. The lowest BCUT2D eigenvalue weighted by atomic mass is 10.1. The number of hydrogen-bond donors (Lipinski definition) is 0. The maximum atomic E-state index is 5.69. The van der Waals surface area contributed by atoms with Gasteiger partial charge in [0.25, 0.3) is 0 Å².